The second-order valence-corrected chi connectivity index (χ2v) is 18.5. The van der Waals surface area contributed by atoms with Gasteiger partial charge in [-0.25, -0.2) is 45.9 Å². The average Bonchev–Trinajstić information content (AvgIpc) is 4.08. The summed E-state index contributed by atoms with van der Waals surface area (Å²) < 4.78 is 85.7. The van der Waals surface area contributed by atoms with Crippen LogP contribution in [0.3, 0.4) is 0 Å². The number of carbonyl (C=O) groups is 4. The van der Waals surface area contributed by atoms with E-state index in [1.807, 2.05) is 0 Å². The Morgan fingerprint density at radius 3 is 1.33 bits per heavy atom. The lowest BCUT2D eigenvalue weighted by Gasteiger charge is -2.19. The number of carboxylic acid groups (broad SMARTS) is 1. The highest BCUT2D eigenvalue weighted by Gasteiger charge is 2.42. The van der Waals surface area contributed by atoms with Crippen LogP contribution in [0.25, 0.3) is 0 Å². The highest BCUT2D eigenvalue weighted by molar-refractivity contribution is 5.89. The van der Waals surface area contributed by atoms with Crippen LogP contribution in [0, 0.1) is 0 Å². The first-order valence-electron chi connectivity index (χ1n) is 23.3. The van der Waals surface area contributed by atoms with Crippen LogP contribution in [0.1, 0.15) is 108 Å². The van der Waals surface area contributed by atoms with E-state index in [2.05, 4.69) is 19.2 Å². The van der Waals surface area contributed by atoms with Crippen molar-refractivity contribution < 1.29 is 64.9 Å². The van der Waals surface area contributed by atoms with Gasteiger partial charge in [0, 0.05) is 56.5 Å². The van der Waals surface area contributed by atoms with Gasteiger partial charge in [-0.15, -0.1) is 24.8 Å². The molecule has 5 saturated carbocycles. The third-order valence-corrected chi connectivity index (χ3v) is 11.3. The quantitative estimate of drug-likeness (QED) is 0.0757. The zero-order valence-electron chi connectivity index (χ0n) is 42.4. The summed E-state index contributed by atoms with van der Waals surface area (Å²) >= 11 is 0. The molecule has 6 N–H and O–H groups in total. The summed E-state index contributed by atoms with van der Waals surface area (Å²) in [5.74, 6) is -2.65. The van der Waals surface area contributed by atoms with E-state index < -0.39 is 101 Å². The van der Waals surface area contributed by atoms with Crippen molar-refractivity contribution in [2.24, 2.45) is 5.73 Å². The van der Waals surface area contributed by atoms with E-state index in [0.717, 1.165) is 4.57 Å². The molecular formula is C50H58Cl2F5N7O14. The van der Waals surface area contributed by atoms with Crippen LogP contribution in [0.5, 0.6) is 0 Å². The maximum Gasteiger partial charge on any atom is 0.412 e. The number of nitrogen functional groups attached to an aromatic ring is 1. The van der Waals surface area contributed by atoms with Gasteiger partial charge < -0.3 is 53.5 Å². The van der Waals surface area contributed by atoms with E-state index in [1.165, 1.54) is 95.2 Å². The van der Waals surface area contributed by atoms with E-state index in [1.54, 1.807) is 45.2 Å². The largest absolute Gasteiger partial charge is 0.477 e. The number of nitrogens with one attached hydrogen (secondary N) is 1. The van der Waals surface area contributed by atoms with Crippen molar-refractivity contribution in [1.29, 1.82) is 0 Å². The van der Waals surface area contributed by atoms with E-state index >= 15 is 0 Å². The average molecular weight is 1150 g/mol. The van der Waals surface area contributed by atoms with Gasteiger partial charge in [0.15, 0.2) is 0 Å². The van der Waals surface area contributed by atoms with Gasteiger partial charge in [-0.2, -0.15) is 0 Å². The minimum atomic E-state index is -1.28. The molecule has 28 heteroatoms. The molecule has 5 aromatic rings. The number of aromatic nitrogens is 4. The summed E-state index contributed by atoms with van der Waals surface area (Å²) in [5.41, 5.74) is 7.03. The number of hydrogen-bond donors (Lipinski definition) is 4. The number of alkyl halides is 5. The second-order valence-electron chi connectivity index (χ2n) is 18.5. The topological polar surface area (TPSA) is 298 Å². The standard InChI is InChI=1S/C13H17FN2O3.C10H10FNO3.C9H8FNO3.C8H9FN2O.C7H6O4.C3H6FN.2ClH/c1-13(2,3)19-12(18)15-9-5-4-6-16(11(9)17)10-7-8(10)14;1-15-10(14)6-3-2-4-12(9(6)13)8-5-7(8)11;10-6-4-7(6)11-3-1-2-5(8(11)12)9(13)14;9-5-4-7(5)11-3-1-2-6(10)8(11)12;1-10-6(8)5-3-2-4-11-7(5)9;4-2-1-3(2)5;;/h4-6,8,10H,7H2,1-3H3,(H,15,18);2-4,7-8H,5H2,1H3;1-3,6-7H,4H2,(H,13,14);1-3,5,7H,4,10H2;2-4H,1H3;2-3H,1,5H2;2*1H/t8-,10?;7-,8?;6-,7?;5-,7?;;2?,3-;;/m1111.1../s1. The predicted molar refractivity (Wildman–Crippen MR) is 278 cm³/mol. The fourth-order valence-corrected chi connectivity index (χ4v) is 6.61. The van der Waals surface area contributed by atoms with E-state index in [9.17, 15) is 65.1 Å². The molecule has 78 heavy (non-hydrogen) atoms. The lowest BCUT2D eigenvalue weighted by Crippen LogP contribution is -2.30. The molecule has 5 aromatic heterocycles. The van der Waals surface area contributed by atoms with E-state index in [-0.39, 0.29) is 70.5 Å². The minimum absolute atomic E-state index is 0. The third kappa shape index (κ3) is 18.3. The number of carbonyl (C=O) groups excluding carboxylic acids is 3. The molecule has 0 spiro atoms. The highest BCUT2D eigenvalue weighted by atomic mass is 35.5. The van der Waals surface area contributed by atoms with Crippen LogP contribution in [-0.4, -0.2) is 104 Å². The van der Waals surface area contributed by atoms with Crippen LogP contribution in [0.4, 0.5) is 38.1 Å². The van der Waals surface area contributed by atoms with Crippen molar-refractivity contribution in [3.8, 4) is 0 Å². The Bertz CT molecular complexity index is 3200. The van der Waals surface area contributed by atoms with Crippen molar-refractivity contribution in [2.45, 2.75) is 120 Å². The van der Waals surface area contributed by atoms with Gasteiger partial charge in [0.25, 0.3) is 22.2 Å². The van der Waals surface area contributed by atoms with Crippen LogP contribution >= 0.6 is 24.8 Å². The molecule has 0 saturated heterocycles. The molecule has 0 bridgehead atoms. The molecule has 10 atom stereocenters. The molecule has 1 amide bonds. The maximum absolute atomic E-state index is 13.0. The first-order valence-corrected chi connectivity index (χ1v) is 23.3. The Balaban J connectivity index is 0.000000251. The molecular weight excluding hydrogens is 1090 g/mol. The van der Waals surface area contributed by atoms with Crippen LogP contribution in [0.2, 0.25) is 0 Å². The number of methoxy groups -OCH3 is 2. The lowest BCUT2D eigenvalue weighted by atomic mass is 10.2. The van der Waals surface area contributed by atoms with Crippen LogP contribution < -0.4 is 44.6 Å². The first-order chi connectivity index (χ1) is 35.8. The highest BCUT2D eigenvalue weighted by Crippen LogP contribution is 2.39. The zero-order valence-corrected chi connectivity index (χ0v) is 44.0. The maximum atomic E-state index is 13.0. The molecule has 0 aromatic carbocycles. The Hall–Kier alpha value is -7.58. The summed E-state index contributed by atoms with van der Waals surface area (Å²) in [6, 6.07) is 12.9. The molecule has 426 valence electrons. The smallest absolute Gasteiger partial charge is 0.412 e. The number of carboxylic acids is 1. The first kappa shape index (κ1) is 64.7. The molecule has 21 nitrogen and oxygen atoms in total. The van der Waals surface area contributed by atoms with Gasteiger partial charge in [0.05, 0.1) is 50.3 Å². The van der Waals surface area contributed by atoms with Gasteiger partial charge >= 0.3 is 29.6 Å². The van der Waals surface area contributed by atoms with E-state index in [0.29, 0.717) is 32.1 Å². The number of anilines is 2. The fourth-order valence-electron chi connectivity index (χ4n) is 6.61. The summed E-state index contributed by atoms with van der Waals surface area (Å²) in [7, 11) is 2.41. The number of pyridine rings is 4. The van der Waals surface area contributed by atoms with Crippen molar-refractivity contribution in [2.75, 3.05) is 25.3 Å². The van der Waals surface area contributed by atoms with Gasteiger partial charge in [-0.05, 0) is 87.9 Å². The molecule has 5 fully saturated rings. The number of hydrogen-bond acceptors (Lipinski definition) is 15. The van der Waals surface area contributed by atoms with Gasteiger partial charge in [0.1, 0.15) is 58.8 Å². The van der Waals surface area contributed by atoms with Crippen LogP contribution in [-0.2, 0) is 14.2 Å². The Morgan fingerprint density at radius 1 is 0.590 bits per heavy atom. The number of esters is 2. The lowest BCUT2D eigenvalue weighted by molar-refractivity contribution is 0.0587. The zero-order chi connectivity index (χ0) is 56.3. The SMILES string of the molecule is CC(C)(C)OC(=O)Nc1cccn(C2C[C@H]2F)c1=O.COC(=O)c1cccn(C2C[C@H]2F)c1=O.COC(=O)c1cccoc1=O.Cl.Cl.N[C@@H]1CC1F.Nc1cccn(C2C[C@H]2F)c1=O.O=C(O)c1cccn(C2C[C@H]2F)c1=O. The van der Waals surface area contributed by atoms with Crippen LogP contribution in [0.15, 0.2) is 120 Å². The monoisotopic (exact) mass is 1150 g/mol. The molecule has 0 aliphatic heterocycles. The molecule has 0 radical (unpaired) electrons. The molecule has 10 rings (SSSR count). The van der Waals surface area contributed by atoms with Crippen molar-refractivity contribution >= 4 is 60.2 Å². The second kappa shape index (κ2) is 28.2. The Labute approximate surface area is 452 Å². The number of nitrogens with two attached hydrogens (primary N) is 2. The summed E-state index contributed by atoms with van der Waals surface area (Å²) in [6.07, 6.45) is 3.98. The number of ether oxygens (including phenoxy) is 3. The third-order valence-electron chi connectivity index (χ3n) is 11.3. The minimum Gasteiger partial charge on any atom is -0.477 e. The normalized spacial score (nSPS) is 22.9. The predicted octanol–water partition coefficient (Wildman–Crippen LogP) is 6.26. The van der Waals surface area contributed by atoms with Crippen molar-refractivity contribution in [3.05, 3.63) is 160 Å². The van der Waals surface area contributed by atoms with Crippen molar-refractivity contribution in [3.63, 3.8) is 0 Å². The number of aromatic carboxylic acids is 1. The summed E-state index contributed by atoms with van der Waals surface area (Å²) in [4.78, 5) is 101. The van der Waals surface area contributed by atoms with E-state index in [4.69, 9.17) is 21.3 Å². The van der Waals surface area contributed by atoms with Gasteiger partial charge in [0.2, 0.25) is 0 Å². The molecule has 5 aliphatic carbocycles. The summed E-state index contributed by atoms with van der Waals surface area (Å²) in [6.45, 7) is 5.19. The molecule has 5 heterocycles. The Kier molecular flexibility index (Phi) is 23.4. The number of rotatable bonds is 8. The van der Waals surface area contributed by atoms with Gasteiger partial charge in [-0.3, -0.25) is 24.5 Å². The fraction of sp³-hybridized carbons (Fsp3) is 0.420. The number of halogens is 7. The Morgan fingerprint density at radius 2 is 0.949 bits per heavy atom. The van der Waals surface area contributed by atoms with Crippen molar-refractivity contribution in [1.82, 2.24) is 18.3 Å². The van der Waals surface area contributed by atoms with Gasteiger partial charge in [-0.1, -0.05) is 0 Å². The molecule has 5 unspecified atom stereocenters. The number of amides is 1. The molecule has 5 aliphatic rings. The number of nitrogens with zero attached hydrogens (tertiary/aromatic N) is 4. The summed E-state index contributed by atoms with van der Waals surface area (Å²) in [5, 5.41) is 11.0.